The summed E-state index contributed by atoms with van der Waals surface area (Å²) in [5.41, 5.74) is 0.685. The number of H-pyrrole nitrogens is 1. The summed E-state index contributed by atoms with van der Waals surface area (Å²) >= 11 is 0. The van der Waals surface area contributed by atoms with Crippen LogP contribution < -0.4 is 20.5 Å². The second kappa shape index (κ2) is 7.35. The van der Waals surface area contributed by atoms with Crippen LogP contribution in [0, 0.1) is 17.2 Å². The number of carbonyl (C=O) groups is 1. The molecule has 0 bridgehead atoms. The molecule has 3 heterocycles. The number of nitriles is 1. The van der Waals surface area contributed by atoms with Crippen molar-refractivity contribution in [2.24, 2.45) is 5.92 Å². The monoisotopic (exact) mass is 379 g/mol. The van der Waals surface area contributed by atoms with Crippen molar-refractivity contribution in [2.75, 3.05) is 30.4 Å². The Balaban J connectivity index is 1.81. The van der Waals surface area contributed by atoms with Crippen LogP contribution in [0.15, 0.2) is 29.1 Å². The molecular formula is C20H21N5O3. The third-order valence-electron chi connectivity index (χ3n) is 5.38. The smallest absolute Gasteiger partial charge is 0.258 e. The lowest BCUT2D eigenvalue weighted by Gasteiger charge is -2.31. The third-order valence-corrected chi connectivity index (χ3v) is 5.38. The first-order valence-electron chi connectivity index (χ1n) is 9.36. The van der Waals surface area contributed by atoms with E-state index < -0.39 is 17.7 Å². The van der Waals surface area contributed by atoms with Gasteiger partial charge in [0.15, 0.2) is 0 Å². The maximum atomic E-state index is 13.0. The van der Waals surface area contributed by atoms with E-state index in [0.717, 1.165) is 32.4 Å². The number of amides is 1. The maximum absolute atomic E-state index is 13.0. The average Bonchev–Trinajstić information content (AvgIpc) is 2.73. The minimum absolute atomic E-state index is 0.238. The predicted octanol–water partition coefficient (Wildman–Crippen LogP) is 1.99. The molecule has 1 amide bonds. The van der Waals surface area contributed by atoms with Gasteiger partial charge in [0, 0.05) is 19.0 Å². The second-order valence-corrected chi connectivity index (χ2v) is 7.05. The lowest BCUT2D eigenvalue weighted by Crippen LogP contribution is -2.40. The lowest BCUT2D eigenvalue weighted by molar-refractivity contribution is -0.119. The standard InChI is InChI=1S/C20H21N5O3/c1-28-13-7-5-12(6-8-13)15-14(11-21)18(26)22-17-16(15)19(27)24-20(23-17)25-9-3-2-4-10-25/h5-8,14-15H,2-4,9-10H2,1H3,(H2,22,23,24,26,27)/t14-,15-/m0/s1. The van der Waals surface area contributed by atoms with E-state index >= 15 is 0 Å². The van der Waals surface area contributed by atoms with Gasteiger partial charge in [-0.05, 0) is 37.0 Å². The van der Waals surface area contributed by atoms with E-state index in [0.29, 0.717) is 22.8 Å². The number of piperidine rings is 1. The number of methoxy groups -OCH3 is 1. The van der Waals surface area contributed by atoms with Crippen LogP contribution in [-0.4, -0.2) is 36.1 Å². The van der Waals surface area contributed by atoms with Crippen molar-refractivity contribution in [3.8, 4) is 11.8 Å². The van der Waals surface area contributed by atoms with Crippen LogP contribution in [0.1, 0.15) is 36.3 Å². The van der Waals surface area contributed by atoms with E-state index in [-0.39, 0.29) is 11.4 Å². The fourth-order valence-electron chi connectivity index (χ4n) is 3.93. The number of benzene rings is 1. The van der Waals surface area contributed by atoms with Gasteiger partial charge in [0.25, 0.3) is 5.56 Å². The highest BCUT2D eigenvalue weighted by atomic mass is 16.5. The average molecular weight is 379 g/mol. The Labute approximate surface area is 162 Å². The molecule has 0 saturated carbocycles. The van der Waals surface area contributed by atoms with Gasteiger partial charge in [0.1, 0.15) is 17.5 Å². The topological polar surface area (TPSA) is 111 Å². The van der Waals surface area contributed by atoms with Gasteiger partial charge in [0.2, 0.25) is 11.9 Å². The van der Waals surface area contributed by atoms with Crippen molar-refractivity contribution in [3.05, 3.63) is 45.7 Å². The van der Waals surface area contributed by atoms with Gasteiger partial charge in [-0.3, -0.25) is 14.6 Å². The summed E-state index contributed by atoms with van der Waals surface area (Å²) in [5.74, 6) is -0.783. The molecule has 1 fully saturated rings. The molecular weight excluding hydrogens is 358 g/mol. The minimum Gasteiger partial charge on any atom is -0.497 e. The van der Waals surface area contributed by atoms with Crippen LogP contribution >= 0.6 is 0 Å². The summed E-state index contributed by atoms with van der Waals surface area (Å²) in [6.45, 7) is 1.64. The van der Waals surface area contributed by atoms with Crippen molar-refractivity contribution in [2.45, 2.75) is 25.2 Å². The molecule has 0 spiro atoms. The number of hydrogen-bond acceptors (Lipinski definition) is 6. The summed E-state index contributed by atoms with van der Waals surface area (Å²) in [6, 6.07) is 9.09. The molecule has 144 valence electrons. The zero-order chi connectivity index (χ0) is 19.7. The quantitative estimate of drug-likeness (QED) is 0.844. The van der Waals surface area contributed by atoms with Crippen LogP contribution in [0.5, 0.6) is 5.75 Å². The Bertz CT molecular complexity index is 986. The van der Waals surface area contributed by atoms with E-state index in [1.165, 1.54) is 0 Å². The van der Waals surface area contributed by atoms with E-state index in [4.69, 9.17) is 4.74 Å². The molecule has 0 aliphatic carbocycles. The zero-order valence-corrected chi connectivity index (χ0v) is 15.6. The zero-order valence-electron chi connectivity index (χ0n) is 15.6. The van der Waals surface area contributed by atoms with Crippen LogP contribution in [0.2, 0.25) is 0 Å². The highest BCUT2D eigenvalue weighted by Crippen LogP contribution is 2.38. The van der Waals surface area contributed by atoms with Crippen molar-refractivity contribution < 1.29 is 9.53 Å². The molecule has 4 rings (SSSR count). The largest absolute Gasteiger partial charge is 0.497 e. The maximum Gasteiger partial charge on any atom is 0.258 e. The second-order valence-electron chi connectivity index (χ2n) is 7.05. The molecule has 2 aliphatic heterocycles. The van der Waals surface area contributed by atoms with E-state index in [1.54, 1.807) is 31.4 Å². The summed E-state index contributed by atoms with van der Waals surface area (Å²) < 4.78 is 5.18. The fraction of sp³-hybridized carbons (Fsp3) is 0.400. The van der Waals surface area contributed by atoms with Gasteiger partial charge < -0.3 is 15.0 Å². The van der Waals surface area contributed by atoms with Crippen molar-refractivity contribution in [3.63, 3.8) is 0 Å². The SMILES string of the molecule is COc1ccc([C@@H]2c3c(nc(N4CCCCC4)[nH]c3=O)NC(=O)[C@H]2C#N)cc1. The molecule has 0 radical (unpaired) electrons. The van der Waals surface area contributed by atoms with Gasteiger partial charge in [0.05, 0.1) is 18.7 Å². The minimum atomic E-state index is -1.01. The van der Waals surface area contributed by atoms with E-state index in [9.17, 15) is 14.9 Å². The summed E-state index contributed by atoms with van der Waals surface area (Å²) in [5, 5.41) is 12.3. The Morgan fingerprint density at radius 3 is 2.54 bits per heavy atom. The number of hydrogen-bond donors (Lipinski definition) is 2. The predicted molar refractivity (Wildman–Crippen MR) is 103 cm³/mol. The molecule has 1 saturated heterocycles. The molecule has 8 nitrogen and oxygen atoms in total. The van der Waals surface area contributed by atoms with Crippen LogP contribution in [0.3, 0.4) is 0 Å². The molecule has 1 aromatic heterocycles. The normalized spacial score (nSPS) is 21.4. The van der Waals surface area contributed by atoms with E-state index in [2.05, 4.69) is 15.3 Å². The lowest BCUT2D eigenvalue weighted by atomic mass is 9.79. The van der Waals surface area contributed by atoms with Crippen molar-refractivity contribution in [1.82, 2.24) is 9.97 Å². The number of nitrogens with one attached hydrogen (secondary N) is 2. The number of rotatable bonds is 3. The van der Waals surface area contributed by atoms with Gasteiger partial charge in [-0.25, -0.2) is 0 Å². The first-order valence-corrected chi connectivity index (χ1v) is 9.36. The first-order chi connectivity index (χ1) is 13.6. The highest BCUT2D eigenvalue weighted by molar-refractivity contribution is 5.98. The first kappa shape index (κ1) is 18.0. The summed E-state index contributed by atoms with van der Waals surface area (Å²) in [7, 11) is 1.56. The number of aromatic amines is 1. The Morgan fingerprint density at radius 2 is 1.89 bits per heavy atom. The Kier molecular flexibility index (Phi) is 4.74. The van der Waals surface area contributed by atoms with Crippen molar-refractivity contribution in [1.29, 1.82) is 5.26 Å². The highest BCUT2D eigenvalue weighted by Gasteiger charge is 2.40. The number of fused-ring (bicyclic) bond motifs is 1. The van der Waals surface area contributed by atoms with Crippen LogP contribution in [-0.2, 0) is 4.79 Å². The van der Waals surface area contributed by atoms with Gasteiger partial charge >= 0.3 is 0 Å². The number of nitrogens with zero attached hydrogens (tertiary/aromatic N) is 3. The van der Waals surface area contributed by atoms with E-state index in [1.807, 2.05) is 11.0 Å². The number of ether oxygens (including phenoxy) is 1. The summed E-state index contributed by atoms with van der Waals surface area (Å²) in [6.07, 6.45) is 3.24. The fourth-order valence-corrected chi connectivity index (χ4v) is 3.93. The summed E-state index contributed by atoms with van der Waals surface area (Å²) in [4.78, 5) is 35.0. The molecule has 1 aromatic carbocycles. The molecule has 2 N–H and O–H groups in total. The third kappa shape index (κ3) is 3.09. The Morgan fingerprint density at radius 1 is 1.18 bits per heavy atom. The number of aromatic nitrogens is 2. The molecule has 8 heteroatoms. The number of carbonyl (C=O) groups excluding carboxylic acids is 1. The van der Waals surface area contributed by atoms with Crippen LogP contribution in [0.4, 0.5) is 11.8 Å². The van der Waals surface area contributed by atoms with Crippen LogP contribution in [0.25, 0.3) is 0 Å². The Hall–Kier alpha value is -3.34. The molecule has 0 unspecified atom stereocenters. The molecule has 2 aliphatic rings. The van der Waals surface area contributed by atoms with Crippen molar-refractivity contribution >= 4 is 17.7 Å². The molecule has 2 aromatic rings. The van der Waals surface area contributed by atoms with Gasteiger partial charge in [-0.2, -0.15) is 10.2 Å². The molecule has 28 heavy (non-hydrogen) atoms. The number of anilines is 2. The van der Waals surface area contributed by atoms with Gasteiger partial charge in [-0.1, -0.05) is 12.1 Å². The molecule has 2 atom stereocenters. The van der Waals surface area contributed by atoms with Gasteiger partial charge in [-0.15, -0.1) is 0 Å².